The van der Waals surface area contributed by atoms with E-state index in [2.05, 4.69) is 15.3 Å². The highest BCUT2D eigenvalue weighted by molar-refractivity contribution is 7.90. The van der Waals surface area contributed by atoms with Crippen LogP contribution < -0.4 is 5.32 Å². The van der Waals surface area contributed by atoms with Crippen LogP contribution in [0.15, 0.2) is 53.6 Å². The van der Waals surface area contributed by atoms with Crippen LogP contribution in [-0.2, 0) is 15.6 Å². The molecule has 5 nitrogen and oxygen atoms in total. The van der Waals surface area contributed by atoms with Gasteiger partial charge in [-0.3, -0.25) is 0 Å². The molecule has 3 aromatic rings. The van der Waals surface area contributed by atoms with Crippen molar-refractivity contribution >= 4 is 38.3 Å². The number of benzene rings is 2. The number of fused-ring (bicyclic) bond motifs is 1. The molecule has 0 saturated heterocycles. The largest absolute Gasteiger partial charge is 0.365 e. The van der Waals surface area contributed by atoms with Crippen LogP contribution >= 0.6 is 11.6 Å². The molecule has 2 aromatic carbocycles. The van der Waals surface area contributed by atoms with Crippen molar-refractivity contribution in [1.82, 2.24) is 9.97 Å². The highest BCUT2D eigenvalue weighted by atomic mass is 35.5. The van der Waals surface area contributed by atoms with E-state index in [0.717, 1.165) is 6.42 Å². The first-order valence-corrected chi connectivity index (χ1v) is 10.4. The number of aromatic nitrogens is 2. The van der Waals surface area contributed by atoms with E-state index < -0.39 is 9.84 Å². The molecule has 3 rings (SSSR count). The SMILES string of the molecule is CCC(C)Nc1nc2ccccc2nc1S(=O)(=O)Cc1ccc(Cl)cc1. The van der Waals surface area contributed by atoms with Gasteiger partial charge in [-0.2, -0.15) is 0 Å². The molecule has 1 atom stereocenters. The predicted octanol–water partition coefficient (Wildman–Crippen LogP) is 4.47. The summed E-state index contributed by atoms with van der Waals surface area (Å²) < 4.78 is 26.1. The van der Waals surface area contributed by atoms with Gasteiger partial charge in [-0.25, -0.2) is 18.4 Å². The van der Waals surface area contributed by atoms with E-state index >= 15 is 0 Å². The summed E-state index contributed by atoms with van der Waals surface area (Å²) in [5, 5.41) is 3.72. The molecule has 0 amide bonds. The van der Waals surface area contributed by atoms with E-state index in [9.17, 15) is 8.42 Å². The summed E-state index contributed by atoms with van der Waals surface area (Å²) in [5.41, 5.74) is 1.86. The molecule has 0 aliphatic rings. The molecule has 0 bridgehead atoms. The highest BCUT2D eigenvalue weighted by Gasteiger charge is 2.24. The zero-order chi connectivity index (χ0) is 18.7. The summed E-state index contributed by atoms with van der Waals surface area (Å²) in [5.74, 6) is 0.138. The van der Waals surface area contributed by atoms with Crippen molar-refractivity contribution in [3.05, 3.63) is 59.1 Å². The lowest BCUT2D eigenvalue weighted by Gasteiger charge is -2.16. The number of halogens is 1. The maximum atomic E-state index is 13.0. The topological polar surface area (TPSA) is 72.0 Å². The quantitative estimate of drug-likeness (QED) is 0.673. The molecule has 1 heterocycles. The minimum atomic E-state index is -3.68. The van der Waals surface area contributed by atoms with Crippen molar-refractivity contribution < 1.29 is 8.42 Å². The standard InChI is InChI=1S/C19H20ClN3O2S/c1-3-13(2)21-18-19(23-17-7-5-4-6-16(17)22-18)26(24,25)12-14-8-10-15(20)11-9-14/h4-11,13H,3,12H2,1-2H3,(H,21,22). The Kier molecular flexibility index (Phi) is 5.44. The maximum Gasteiger partial charge on any atom is 0.203 e. The molecule has 1 N–H and O–H groups in total. The number of anilines is 1. The molecule has 1 unspecified atom stereocenters. The van der Waals surface area contributed by atoms with Crippen molar-refractivity contribution in [2.75, 3.05) is 5.32 Å². The molecule has 7 heteroatoms. The van der Waals surface area contributed by atoms with Gasteiger partial charge in [-0.15, -0.1) is 0 Å². The van der Waals surface area contributed by atoms with Gasteiger partial charge in [0, 0.05) is 11.1 Å². The molecule has 0 aliphatic heterocycles. The molecule has 0 fully saturated rings. The average Bonchev–Trinajstić information content (AvgIpc) is 2.62. The Morgan fingerprint density at radius 3 is 2.27 bits per heavy atom. The highest BCUT2D eigenvalue weighted by Crippen LogP contribution is 2.25. The number of rotatable bonds is 6. The summed E-state index contributed by atoms with van der Waals surface area (Å²) in [7, 11) is -3.68. The number of nitrogens with one attached hydrogen (secondary N) is 1. The number of para-hydroxylation sites is 2. The minimum absolute atomic E-state index is 0.0218. The Morgan fingerprint density at radius 1 is 1.04 bits per heavy atom. The Hall–Kier alpha value is -2.18. The third kappa shape index (κ3) is 4.14. The first-order valence-electron chi connectivity index (χ1n) is 8.39. The van der Waals surface area contributed by atoms with E-state index in [0.29, 0.717) is 27.4 Å². The van der Waals surface area contributed by atoms with E-state index in [1.807, 2.05) is 32.0 Å². The molecule has 136 valence electrons. The van der Waals surface area contributed by atoms with Gasteiger partial charge in [0.1, 0.15) is 0 Å². The molecule has 0 aliphatic carbocycles. The molecule has 0 saturated carbocycles. The number of sulfone groups is 1. The number of nitrogens with zero attached hydrogens (tertiary/aromatic N) is 2. The smallest absolute Gasteiger partial charge is 0.203 e. The molecular formula is C19H20ClN3O2S. The zero-order valence-corrected chi connectivity index (χ0v) is 16.2. The van der Waals surface area contributed by atoms with Gasteiger partial charge < -0.3 is 5.32 Å². The van der Waals surface area contributed by atoms with E-state index in [4.69, 9.17) is 11.6 Å². The first-order chi connectivity index (χ1) is 12.4. The summed E-state index contributed by atoms with van der Waals surface area (Å²) in [6, 6.07) is 14.1. The fourth-order valence-electron chi connectivity index (χ4n) is 2.50. The molecule has 26 heavy (non-hydrogen) atoms. The van der Waals surface area contributed by atoms with Crippen LogP contribution in [0.2, 0.25) is 5.02 Å². The maximum absolute atomic E-state index is 13.0. The van der Waals surface area contributed by atoms with Crippen molar-refractivity contribution in [1.29, 1.82) is 0 Å². The van der Waals surface area contributed by atoms with Crippen molar-refractivity contribution in [3.63, 3.8) is 0 Å². The minimum Gasteiger partial charge on any atom is -0.365 e. The normalized spacial score (nSPS) is 12.9. The fourth-order valence-corrected chi connectivity index (χ4v) is 4.03. The van der Waals surface area contributed by atoms with Gasteiger partial charge in [-0.1, -0.05) is 42.8 Å². The number of hydrogen-bond acceptors (Lipinski definition) is 5. The predicted molar refractivity (Wildman–Crippen MR) is 105 cm³/mol. The number of hydrogen-bond donors (Lipinski definition) is 1. The van der Waals surface area contributed by atoms with Crippen LogP contribution in [0.1, 0.15) is 25.8 Å². The lowest BCUT2D eigenvalue weighted by atomic mass is 10.2. The molecule has 1 aromatic heterocycles. The van der Waals surface area contributed by atoms with Crippen LogP contribution in [-0.4, -0.2) is 24.4 Å². The monoisotopic (exact) mass is 389 g/mol. The van der Waals surface area contributed by atoms with Crippen LogP contribution in [0, 0.1) is 0 Å². The van der Waals surface area contributed by atoms with Gasteiger partial charge in [-0.05, 0) is 43.2 Å². The summed E-state index contributed by atoms with van der Waals surface area (Å²) in [4.78, 5) is 8.92. The first kappa shape index (κ1) is 18.6. The molecular weight excluding hydrogens is 370 g/mol. The van der Waals surface area contributed by atoms with Crippen molar-refractivity contribution in [3.8, 4) is 0 Å². The van der Waals surface area contributed by atoms with E-state index in [1.165, 1.54) is 0 Å². The third-order valence-electron chi connectivity index (χ3n) is 4.10. The van der Waals surface area contributed by atoms with Crippen LogP contribution in [0.25, 0.3) is 11.0 Å². The summed E-state index contributed by atoms with van der Waals surface area (Å²) in [6.07, 6.45) is 0.838. The fraction of sp³-hybridized carbons (Fsp3) is 0.263. The van der Waals surface area contributed by atoms with Gasteiger partial charge in [0.25, 0.3) is 0 Å². The summed E-state index contributed by atoms with van der Waals surface area (Å²) in [6.45, 7) is 4.00. The Bertz CT molecular complexity index is 1020. The second kappa shape index (κ2) is 7.60. The van der Waals surface area contributed by atoms with Crippen molar-refractivity contribution in [2.24, 2.45) is 0 Å². The lowest BCUT2D eigenvalue weighted by Crippen LogP contribution is -2.19. The Labute approximate surface area is 158 Å². The zero-order valence-electron chi connectivity index (χ0n) is 14.6. The average molecular weight is 390 g/mol. The van der Waals surface area contributed by atoms with Crippen LogP contribution in [0.4, 0.5) is 5.82 Å². The molecule has 0 radical (unpaired) electrons. The van der Waals surface area contributed by atoms with Gasteiger partial charge >= 0.3 is 0 Å². The second-order valence-corrected chi connectivity index (χ2v) is 8.55. The van der Waals surface area contributed by atoms with Gasteiger partial charge in [0.2, 0.25) is 9.84 Å². The van der Waals surface area contributed by atoms with Gasteiger partial charge in [0.15, 0.2) is 10.8 Å². The Balaban J connectivity index is 2.07. The van der Waals surface area contributed by atoms with E-state index in [-0.39, 0.29) is 16.8 Å². The molecule has 0 spiro atoms. The summed E-state index contributed by atoms with van der Waals surface area (Å²) >= 11 is 5.88. The second-order valence-electron chi connectivity index (χ2n) is 6.21. The lowest BCUT2D eigenvalue weighted by molar-refractivity contribution is 0.591. The van der Waals surface area contributed by atoms with Crippen LogP contribution in [0.5, 0.6) is 0 Å². The van der Waals surface area contributed by atoms with E-state index in [1.54, 1.807) is 30.3 Å². The van der Waals surface area contributed by atoms with Gasteiger partial charge in [0.05, 0.1) is 16.8 Å². The Morgan fingerprint density at radius 2 is 1.65 bits per heavy atom. The van der Waals surface area contributed by atoms with Crippen LogP contribution in [0.3, 0.4) is 0 Å². The van der Waals surface area contributed by atoms with Crippen molar-refractivity contribution in [2.45, 2.75) is 37.1 Å². The third-order valence-corrected chi connectivity index (χ3v) is 5.94.